The smallest absolute Gasteiger partial charge is 0.0815 e. The van der Waals surface area contributed by atoms with E-state index in [1.165, 1.54) is 0 Å². The largest absolute Gasteiger partial charge is 0.388 e. The van der Waals surface area contributed by atoms with Crippen molar-refractivity contribution < 1.29 is 5.11 Å². The summed E-state index contributed by atoms with van der Waals surface area (Å²) in [6, 6.07) is 9.82. The van der Waals surface area contributed by atoms with Crippen molar-refractivity contribution in [2.45, 2.75) is 26.4 Å². The fraction of sp³-hybridized carbons (Fsp3) is 0.455. The zero-order chi connectivity index (χ0) is 8.97. The number of aliphatic hydroxyl groups excluding tert-OH is 1. The van der Waals surface area contributed by atoms with Gasteiger partial charge in [0, 0.05) is 0 Å². The zero-order valence-corrected chi connectivity index (χ0v) is 7.70. The first-order valence-electron chi connectivity index (χ1n) is 4.48. The number of aliphatic hydroxyl groups is 1. The SMILES string of the molecule is CC[C@@H](C)[C@@H](O)c1ccccc1. The first-order chi connectivity index (χ1) is 5.75. The third-order valence-corrected chi connectivity index (χ3v) is 2.32. The second kappa shape index (κ2) is 4.27. The molecule has 66 valence electrons. The summed E-state index contributed by atoms with van der Waals surface area (Å²) in [5.74, 6) is 0.340. The van der Waals surface area contributed by atoms with Crippen LogP contribution in [0.25, 0.3) is 0 Å². The van der Waals surface area contributed by atoms with E-state index in [1.54, 1.807) is 0 Å². The molecule has 0 aromatic heterocycles. The second-order valence-corrected chi connectivity index (χ2v) is 3.24. The van der Waals surface area contributed by atoms with E-state index >= 15 is 0 Å². The Morgan fingerprint density at radius 1 is 1.25 bits per heavy atom. The van der Waals surface area contributed by atoms with Crippen molar-refractivity contribution in [3.05, 3.63) is 35.9 Å². The van der Waals surface area contributed by atoms with Gasteiger partial charge in [-0.25, -0.2) is 0 Å². The van der Waals surface area contributed by atoms with Crippen molar-refractivity contribution >= 4 is 0 Å². The van der Waals surface area contributed by atoms with Gasteiger partial charge in [-0.05, 0) is 11.5 Å². The minimum atomic E-state index is -0.309. The van der Waals surface area contributed by atoms with E-state index in [0.717, 1.165) is 12.0 Å². The fourth-order valence-electron chi connectivity index (χ4n) is 1.20. The molecular weight excluding hydrogens is 148 g/mol. The van der Waals surface area contributed by atoms with Gasteiger partial charge in [0.1, 0.15) is 0 Å². The maximum Gasteiger partial charge on any atom is 0.0815 e. The Balaban J connectivity index is 2.71. The van der Waals surface area contributed by atoms with E-state index in [2.05, 4.69) is 13.8 Å². The molecule has 0 bridgehead atoms. The molecule has 1 heteroatoms. The summed E-state index contributed by atoms with van der Waals surface area (Å²) in [4.78, 5) is 0. The minimum Gasteiger partial charge on any atom is -0.388 e. The van der Waals surface area contributed by atoms with Gasteiger partial charge < -0.3 is 5.11 Å². The van der Waals surface area contributed by atoms with Crippen LogP contribution in [-0.2, 0) is 0 Å². The Kier molecular flexibility index (Phi) is 3.30. The molecule has 1 aromatic carbocycles. The minimum absolute atomic E-state index is 0.309. The van der Waals surface area contributed by atoms with Gasteiger partial charge in [0.25, 0.3) is 0 Å². The quantitative estimate of drug-likeness (QED) is 0.728. The monoisotopic (exact) mass is 164 g/mol. The third kappa shape index (κ3) is 2.08. The summed E-state index contributed by atoms with van der Waals surface area (Å²) in [5, 5.41) is 9.79. The lowest BCUT2D eigenvalue weighted by Crippen LogP contribution is -2.07. The summed E-state index contributed by atoms with van der Waals surface area (Å²) in [6.07, 6.45) is 0.701. The molecular formula is C11H16O. The Morgan fingerprint density at radius 3 is 2.33 bits per heavy atom. The summed E-state index contributed by atoms with van der Waals surface area (Å²) in [7, 11) is 0. The van der Waals surface area contributed by atoms with Gasteiger partial charge in [-0.15, -0.1) is 0 Å². The number of hydrogen-bond donors (Lipinski definition) is 1. The topological polar surface area (TPSA) is 20.2 Å². The maximum atomic E-state index is 9.79. The molecule has 1 aromatic rings. The van der Waals surface area contributed by atoms with E-state index in [-0.39, 0.29) is 6.10 Å². The molecule has 0 unspecified atom stereocenters. The second-order valence-electron chi connectivity index (χ2n) is 3.24. The molecule has 1 rings (SSSR count). The maximum absolute atomic E-state index is 9.79. The van der Waals surface area contributed by atoms with Crippen molar-refractivity contribution in [1.29, 1.82) is 0 Å². The van der Waals surface area contributed by atoms with Gasteiger partial charge in [-0.2, -0.15) is 0 Å². The highest BCUT2D eigenvalue weighted by molar-refractivity contribution is 5.17. The van der Waals surface area contributed by atoms with Crippen molar-refractivity contribution in [2.75, 3.05) is 0 Å². The predicted octanol–water partition coefficient (Wildman–Crippen LogP) is 2.77. The van der Waals surface area contributed by atoms with Crippen LogP contribution in [0.2, 0.25) is 0 Å². The van der Waals surface area contributed by atoms with Gasteiger partial charge in [0.15, 0.2) is 0 Å². The van der Waals surface area contributed by atoms with E-state index in [9.17, 15) is 5.11 Å². The van der Waals surface area contributed by atoms with Crippen LogP contribution in [-0.4, -0.2) is 5.11 Å². The molecule has 0 radical (unpaired) electrons. The molecule has 0 heterocycles. The highest BCUT2D eigenvalue weighted by Gasteiger charge is 2.13. The van der Waals surface area contributed by atoms with Crippen LogP contribution in [0.3, 0.4) is 0 Å². The van der Waals surface area contributed by atoms with E-state index in [4.69, 9.17) is 0 Å². The number of benzene rings is 1. The Hall–Kier alpha value is -0.820. The van der Waals surface area contributed by atoms with Crippen LogP contribution in [0, 0.1) is 5.92 Å². The molecule has 1 nitrogen and oxygen atoms in total. The van der Waals surface area contributed by atoms with Gasteiger partial charge in [0.2, 0.25) is 0 Å². The summed E-state index contributed by atoms with van der Waals surface area (Å²) in [5.41, 5.74) is 1.02. The molecule has 0 aliphatic rings. The average molecular weight is 164 g/mol. The molecule has 12 heavy (non-hydrogen) atoms. The van der Waals surface area contributed by atoms with Gasteiger partial charge in [-0.3, -0.25) is 0 Å². The van der Waals surface area contributed by atoms with E-state index < -0.39 is 0 Å². The number of hydrogen-bond acceptors (Lipinski definition) is 1. The molecule has 2 atom stereocenters. The Morgan fingerprint density at radius 2 is 1.83 bits per heavy atom. The van der Waals surface area contributed by atoms with Crippen LogP contribution in [0.1, 0.15) is 31.9 Å². The lowest BCUT2D eigenvalue weighted by molar-refractivity contribution is 0.115. The molecule has 1 N–H and O–H groups in total. The van der Waals surface area contributed by atoms with Gasteiger partial charge in [0.05, 0.1) is 6.10 Å². The van der Waals surface area contributed by atoms with Crippen LogP contribution in [0.5, 0.6) is 0 Å². The highest BCUT2D eigenvalue weighted by atomic mass is 16.3. The number of rotatable bonds is 3. The van der Waals surface area contributed by atoms with Crippen molar-refractivity contribution in [1.82, 2.24) is 0 Å². The summed E-state index contributed by atoms with van der Waals surface area (Å²) >= 11 is 0. The molecule has 0 amide bonds. The first kappa shape index (κ1) is 9.27. The first-order valence-corrected chi connectivity index (χ1v) is 4.48. The van der Waals surface area contributed by atoms with Crippen LogP contribution in [0.15, 0.2) is 30.3 Å². The molecule has 0 spiro atoms. The molecule has 0 saturated heterocycles. The third-order valence-electron chi connectivity index (χ3n) is 2.32. The summed E-state index contributed by atoms with van der Waals surface area (Å²) in [6.45, 7) is 4.16. The van der Waals surface area contributed by atoms with Gasteiger partial charge >= 0.3 is 0 Å². The van der Waals surface area contributed by atoms with Crippen LogP contribution < -0.4 is 0 Å². The summed E-state index contributed by atoms with van der Waals surface area (Å²) < 4.78 is 0. The average Bonchev–Trinajstić information content (AvgIpc) is 2.17. The van der Waals surface area contributed by atoms with Gasteiger partial charge in [-0.1, -0.05) is 50.6 Å². The molecule has 0 aliphatic carbocycles. The standard InChI is InChI=1S/C11H16O/c1-3-9(2)11(12)10-7-5-4-6-8-10/h4-9,11-12H,3H2,1-2H3/t9-,11-/m1/s1. The van der Waals surface area contributed by atoms with Crippen LogP contribution >= 0.6 is 0 Å². The Bertz CT molecular complexity index is 218. The lowest BCUT2D eigenvalue weighted by atomic mass is 9.95. The predicted molar refractivity (Wildman–Crippen MR) is 50.9 cm³/mol. The molecule has 0 aliphatic heterocycles. The Labute approximate surface area is 74.1 Å². The zero-order valence-electron chi connectivity index (χ0n) is 7.70. The molecule has 0 fully saturated rings. The van der Waals surface area contributed by atoms with E-state index in [1.807, 2.05) is 30.3 Å². The fourth-order valence-corrected chi connectivity index (χ4v) is 1.20. The normalized spacial score (nSPS) is 15.6. The van der Waals surface area contributed by atoms with Crippen LogP contribution in [0.4, 0.5) is 0 Å². The van der Waals surface area contributed by atoms with Crippen molar-refractivity contribution in [3.63, 3.8) is 0 Å². The lowest BCUT2D eigenvalue weighted by Gasteiger charge is -2.16. The van der Waals surface area contributed by atoms with Crippen molar-refractivity contribution in [3.8, 4) is 0 Å². The van der Waals surface area contributed by atoms with E-state index in [0.29, 0.717) is 5.92 Å². The molecule has 0 saturated carbocycles. The van der Waals surface area contributed by atoms with Crippen molar-refractivity contribution in [2.24, 2.45) is 5.92 Å². The highest BCUT2D eigenvalue weighted by Crippen LogP contribution is 2.23.